The average Bonchev–Trinajstić information content (AvgIpc) is 2.87. The second-order valence-electron chi connectivity index (χ2n) is 6.90. The van der Waals surface area contributed by atoms with Gasteiger partial charge in [-0.15, -0.1) is 0 Å². The summed E-state index contributed by atoms with van der Waals surface area (Å²) in [7, 11) is 0. The second-order valence-corrected chi connectivity index (χ2v) is 6.90. The van der Waals surface area contributed by atoms with E-state index in [9.17, 15) is 9.90 Å². The first-order chi connectivity index (χ1) is 10.1. The number of rotatable bonds is 4. The third kappa shape index (κ3) is 2.48. The molecule has 0 radical (unpaired) electrons. The standard InChI is InChI=1S/C18H25NO2/c1-14-6-4-7-15(12-14)18(10-5-11-18)16(21)19-17(13-20)8-2-3-9-17/h4,6-7,12,20H,2-3,5,8-11,13H2,1H3,(H,19,21). The van der Waals surface area contributed by atoms with Crippen LogP contribution in [0.3, 0.4) is 0 Å². The summed E-state index contributed by atoms with van der Waals surface area (Å²) in [5.41, 5.74) is 1.60. The molecule has 0 spiro atoms. The zero-order chi connectivity index (χ0) is 14.9. The van der Waals surface area contributed by atoms with E-state index in [0.717, 1.165) is 50.5 Å². The van der Waals surface area contributed by atoms with Gasteiger partial charge >= 0.3 is 0 Å². The number of aliphatic hydroxyl groups is 1. The van der Waals surface area contributed by atoms with Crippen LogP contribution in [0.15, 0.2) is 24.3 Å². The molecular weight excluding hydrogens is 262 g/mol. The van der Waals surface area contributed by atoms with E-state index in [4.69, 9.17) is 0 Å². The molecule has 2 N–H and O–H groups in total. The molecule has 2 saturated carbocycles. The van der Waals surface area contributed by atoms with Crippen LogP contribution >= 0.6 is 0 Å². The van der Waals surface area contributed by atoms with Crippen LogP contribution in [0.25, 0.3) is 0 Å². The van der Waals surface area contributed by atoms with Gasteiger partial charge in [0.1, 0.15) is 0 Å². The normalized spacial score (nSPS) is 22.6. The molecular formula is C18H25NO2. The summed E-state index contributed by atoms with van der Waals surface area (Å²) in [5.74, 6) is 0.121. The predicted molar refractivity (Wildman–Crippen MR) is 83.1 cm³/mol. The van der Waals surface area contributed by atoms with E-state index in [1.807, 2.05) is 6.07 Å². The van der Waals surface area contributed by atoms with Crippen LogP contribution in [0.1, 0.15) is 56.1 Å². The molecule has 0 saturated heterocycles. The lowest BCUT2D eigenvalue weighted by atomic mass is 9.63. The summed E-state index contributed by atoms with van der Waals surface area (Å²) in [6.07, 6.45) is 6.94. The Morgan fingerprint density at radius 3 is 2.43 bits per heavy atom. The van der Waals surface area contributed by atoms with Crippen LogP contribution in [0.4, 0.5) is 0 Å². The highest BCUT2D eigenvalue weighted by Gasteiger charge is 2.48. The lowest BCUT2D eigenvalue weighted by Gasteiger charge is -2.43. The number of hydrogen-bond acceptors (Lipinski definition) is 2. The van der Waals surface area contributed by atoms with Crippen molar-refractivity contribution < 1.29 is 9.90 Å². The molecule has 1 aromatic rings. The molecule has 114 valence electrons. The molecule has 3 heteroatoms. The Morgan fingerprint density at radius 1 is 1.19 bits per heavy atom. The zero-order valence-corrected chi connectivity index (χ0v) is 12.8. The van der Waals surface area contributed by atoms with Gasteiger partial charge in [-0.2, -0.15) is 0 Å². The molecule has 0 bridgehead atoms. The van der Waals surface area contributed by atoms with Crippen molar-refractivity contribution in [2.75, 3.05) is 6.61 Å². The van der Waals surface area contributed by atoms with Crippen molar-refractivity contribution >= 4 is 5.91 Å². The van der Waals surface area contributed by atoms with Gasteiger partial charge in [0.05, 0.1) is 17.6 Å². The maximum atomic E-state index is 13.0. The summed E-state index contributed by atoms with van der Waals surface area (Å²) < 4.78 is 0. The smallest absolute Gasteiger partial charge is 0.231 e. The van der Waals surface area contributed by atoms with Crippen molar-refractivity contribution in [1.29, 1.82) is 0 Å². The van der Waals surface area contributed by atoms with E-state index in [1.165, 1.54) is 5.56 Å². The minimum Gasteiger partial charge on any atom is -0.394 e. The lowest BCUT2D eigenvalue weighted by molar-refractivity contribution is -0.132. The van der Waals surface area contributed by atoms with Crippen LogP contribution < -0.4 is 5.32 Å². The minimum absolute atomic E-state index is 0.0582. The second kappa shape index (κ2) is 5.45. The molecule has 3 rings (SSSR count). The lowest BCUT2D eigenvalue weighted by Crippen LogP contribution is -2.58. The van der Waals surface area contributed by atoms with Gasteiger partial charge in [0, 0.05) is 0 Å². The largest absolute Gasteiger partial charge is 0.394 e. The number of aliphatic hydroxyl groups excluding tert-OH is 1. The first-order valence-corrected chi connectivity index (χ1v) is 8.11. The fraction of sp³-hybridized carbons (Fsp3) is 0.611. The summed E-state index contributed by atoms with van der Waals surface area (Å²) in [6, 6.07) is 8.32. The predicted octanol–water partition coefficient (Wildman–Crippen LogP) is 2.84. The molecule has 0 aromatic heterocycles. The van der Waals surface area contributed by atoms with E-state index < -0.39 is 0 Å². The third-order valence-corrected chi connectivity index (χ3v) is 5.45. The Hall–Kier alpha value is -1.35. The molecule has 1 amide bonds. The number of hydrogen-bond donors (Lipinski definition) is 2. The number of benzene rings is 1. The quantitative estimate of drug-likeness (QED) is 0.894. The molecule has 1 aromatic carbocycles. The SMILES string of the molecule is Cc1cccc(C2(C(=O)NC3(CO)CCCC3)CCC2)c1. The molecule has 0 unspecified atom stereocenters. The Morgan fingerprint density at radius 2 is 1.90 bits per heavy atom. The average molecular weight is 287 g/mol. The number of nitrogens with one attached hydrogen (secondary N) is 1. The Kier molecular flexibility index (Phi) is 3.78. The van der Waals surface area contributed by atoms with Crippen molar-refractivity contribution in [1.82, 2.24) is 5.32 Å². The highest BCUT2D eigenvalue weighted by molar-refractivity contribution is 5.90. The van der Waals surface area contributed by atoms with Gasteiger partial charge in [-0.1, -0.05) is 49.1 Å². The van der Waals surface area contributed by atoms with E-state index in [0.29, 0.717) is 0 Å². The first kappa shape index (κ1) is 14.6. The van der Waals surface area contributed by atoms with Crippen molar-refractivity contribution in [2.24, 2.45) is 0 Å². The van der Waals surface area contributed by atoms with Crippen molar-refractivity contribution in [3.8, 4) is 0 Å². The van der Waals surface area contributed by atoms with Crippen LogP contribution in [-0.4, -0.2) is 23.2 Å². The monoisotopic (exact) mass is 287 g/mol. The maximum Gasteiger partial charge on any atom is 0.231 e. The maximum absolute atomic E-state index is 13.0. The van der Waals surface area contributed by atoms with Crippen molar-refractivity contribution in [3.63, 3.8) is 0 Å². The van der Waals surface area contributed by atoms with E-state index in [1.54, 1.807) is 0 Å². The molecule has 2 aliphatic rings. The summed E-state index contributed by atoms with van der Waals surface area (Å²) in [6.45, 7) is 2.13. The van der Waals surface area contributed by atoms with Crippen LogP contribution in [0, 0.1) is 6.92 Å². The minimum atomic E-state index is -0.372. The van der Waals surface area contributed by atoms with Crippen LogP contribution in [0.5, 0.6) is 0 Å². The van der Waals surface area contributed by atoms with Gasteiger partial charge < -0.3 is 10.4 Å². The van der Waals surface area contributed by atoms with Gasteiger partial charge in [-0.05, 0) is 38.2 Å². The molecule has 0 atom stereocenters. The van der Waals surface area contributed by atoms with E-state index in [-0.39, 0.29) is 23.5 Å². The summed E-state index contributed by atoms with van der Waals surface area (Å²) >= 11 is 0. The fourth-order valence-corrected chi connectivity index (χ4v) is 3.85. The van der Waals surface area contributed by atoms with Gasteiger partial charge in [0.2, 0.25) is 5.91 Å². The zero-order valence-electron chi connectivity index (χ0n) is 12.8. The highest BCUT2D eigenvalue weighted by Crippen LogP contribution is 2.45. The molecule has 2 fully saturated rings. The third-order valence-electron chi connectivity index (χ3n) is 5.45. The van der Waals surface area contributed by atoms with E-state index >= 15 is 0 Å². The first-order valence-electron chi connectivity index (χ1n) is 8.11. The summed E-state index contributed by atoms with van der Waals surface area (Å²) in [5, 5.41) is 12.9. The number of aryl methyl sites for hydroxylation is 1. The van der Waals surface area contributed by atoms with Crippen molar-refractivity contribution in [3.05, 3.63) is 35.4 Å². The Balaban J connectivity index is 1.84. The van der Waals surface area contributed by atoms with Crippen LogP contribution in [0.2, 0.25) is 0 Å². The van der Waals surface area contributed by atoms with Gasteiger partial charge in [-0.25, -0.2) is 0 Å². The number of carbonyl (C=O) groups excluding carboxylic acids is 1. The van der Waals surface area contributed by atoms with Gasteiger partial charge in [0.15, 0.2) is 0 Å². The molecule has 3 nitrogen and oxygen atoms in total. The Bertz CT molecular complexity index is 528. The highest BCUT2D eigenvalue weighted by atomic mass is 16.3. The molecule has 21 heavy (non-hydrogen) atoms. The molecule has 2 aliphatic carbocycles. The number of amides is 1. The molecule has 0 aliphatic heterocycles. The Labute approximate surface area is 126 Å². The van der Waals surface area contributed by atoms with E-state index in [2.05, 4.69) is 30.4 Å². The van der Waals surface area contributed by atoms with Crippen molar-refractivity contribution in [2.45, 2.75) is 62.8 Å². The van der Waals surface area contributed by atoms with Gasteiger partial charge in [-0.3, -0.25) is 4.79 Å². The number of carbonyl (C=O) groups is 1. The molecule has 0 heterocycles. The fourth-order valence-electron chi connectivity index (χ4n) is 3.85. The topological polar surface area (TPSA) is 49.3 Å². The summed E-state index contributed by atoms with van der Waals surface area (Å²) in [4.78, 5) is 13.0. The van der Waals surface area contributed by atoms with Crippen LogP contribution in [-0.2, 0) is 10.2 Å². The van der Waals surface area contributed by atoms with Gasteiger partial charge in [0.25, 0.3) is 0 Å².